The Kier molecular flexibility index (Phi) is 4.59. The van der Waals surface area contributed by atoms with Crippen molar-refractivity contribution in [1.82, 2.24) is 0 Å². The maximum Gasteiger partial charge on any atom is 0.262 e. The fourth-order valence-electron chi connectivity index (χ4n) is 1.93. The lowest BCUT2D eigenvalue weighted by Gasteiger charge is -2.08. The standard InChI is InChI=1S/C15H16N2O3S/c1-9-5-10(2)7-11(6-9)20-8-13(18)17-15-12(14(16)19)3-4-21-15/h3-7H,8H2,1-2H3,(H2,16,19)(H,17,18). The summed E-state index contributed by atoms with van der Waals surface area (Å²) < 4.78 is 5.45. The highest BCUT2D eigenvalue weighted by molar-refractivity contribution is 7.14. The van der Waals surface area contributed by atoms with Crippen LogP contribution < -0.4 is 15.8 Å². The van der Waals surface area contributed by atoms with Crippen molar-refractivity contribution in [2.24, 2.45) is 5.73 Å². The monoisotopic (exact) mass is 304 g/mol. The molecule has 0 saturated heterocycles. The highest BCUT2D eigenvalue weighted by atomic mass is 32.1. The normalized spacial score (nSPS) is 10.2. The van der Waals surface area contributed by atoms with Crippen LogP contribution in [0.25, 0.3) is 0 Å². The number of hydrogen-bond acceptors (Lipinski definition) is 4. The first kappa shape index (κ1) is 15.1. The van der Waals surface area contributed by atoms with Gasteiger partial charge >= 0.3 is 0 Å². The number of benzene rings is 1. The molecule has 5 nitrogen and oxygen atoms in total. The summed E-state index contributed by atoms with van der Waals surface area (Å²) in [6.45, 7) is 3.80. The number of aryl methyl sites for hydroxylation is 2. The Labute approximate surface area is 126 Å². The van der Waals surface area contributed by atoms with E-state index in [2.05, 4.69) is 5.32 Å². The molecule has 0 aliphatic heterocycles. The molecule has 1 aromatic heterocycles. The van der Waals surface area contributed by atoms with Gasteiger partial charge in [0, 0.05) is 0 Å². The van der Waals surface area contributed by atoms with Crippen LogP contribution in [0.5, 0.6) is 5.75 Å². The molecule has 0 radical (unpaired) electrons. The van der Waals surface area contributed by atoms with Crippen LogP contribution in [0.15, 0.2) is 29.6 Å². The molecule has 0 aliphatic carbocycles. The van der Waals surface area contributed by atoms with Gasteiger partial charge in [0.1, 0.15) is 10.8 Å². The second-order valence-corrected chi connectivity index (χ2v) is 5.60. The molecular weight excluding hydrogens is 288 g/mol. The van der Waals surface area contributed by atoms with E-state index in [1.807, 2.05) is 32.0 Å². The number of nitrogens with one attached hydrogen (secondary N) is 1. The van der Waals surface area contributed by atoms with E-state index in [1.54, 1.807) is 11.4 Å². The van der Waals surface area contributed by atoms with Crippen LogP contribution in [-0.4, -0.2) is 18.4 Å². The summed E-state index contributed by atoms with van der Waals surface area (Å²) in [6, 6.07) is 7.33. The Morgan fingerprint density at radius 2 is 1.90 bits per heavy atom. The highest BCUT2D eigenvalue weighted by Crippen LogP contribution is 2.22. The molecule has 0 saturated carbocycles. The average Bonchev–Trinajstić information content (AvgIpc) is 2.83. The Morgan fingerprint density at radius 3 is 2.52 bits per heavy atom. The van der Waals surface area contributed by atoms with E-state index in [-0.39, 0.29) is 12.5 Å². The van der Waals surface area contributed by atoms with Crippen LogP contribution in [0.3, 0.4) is 0 Å². The third-order valence-corrected chi connectivity index (χ3v) is 3.58. The minimum Gasteiger partial charge on any atom is -0.484 e. The number of rotatable bonds is 5. The molecule has 21 heavy (non-hydrogen) atoms. The van der Waals surface area contributed by atoms with Gasteiger partial charge in [-0.2, -0.15) is 0 Å². The molecule has 0 spiro atoms. The number of nitrogens with two attached hydrogens (primary N) is 1. The number of anilines is 1. The number of primary amides is 1. The van der Waals surface area contributed by atoms with Crippen LogP contribution in [0, 0.1) is 13.8 Å². The zero-order valence-corrected chi connectivity index (χ0v) is 12.6. The van der Waals surface area contributed by atoms with Gasteiger partial charge < -0.3 is 15.8 Å². The summed E-state index contributed by atoms with van der Waals surface area (Å²) >= 11 is 1.24. The van der Waals surface area contributed by atoms with Crippen molar-refractivity contribution in [3.05, 3.63) is 46.3 Å². The second-order valence-electron chi connectivity index (χ2n) is 4.69. The third kappa shape index (κ3) is 4.06. The molecule has 1 aromatic carbocycles. The van der Waals surface area contributed by atoms with Crippen LogP contribution in [-0.2, 0) is 4.79 Å². The Morgan fingerprint density at radius 1 is 1.24 bits per heavy atom. The number of hydrogen-bond donors (Lipinski definition) is 2. The summed E-state index contributed by atoms with van der Waals surface area (Å²) in [7, 11) is 0. The van der Waals surface area contributed by atoms with Crippen molar-refractivity contribution in [2.75, 3.05) is 11.9 Å². The molecular formula is C15H16N2O3S. The largest absolute Gasteiger partial charge is 0.484 e. The Hall–Kier alpha value is -2.34. The maximum absolute atomic E-state index is 11.8. The summed E-state index contributed by atoms with van der Waals surface area (Å²) in [5.74, 6) is -0.259. The van der Waals surface area contributed by atoms with E-state index in [1.165, 1.54) is 11.3 Å². The zero-order valence-electron chi connectivity index (χ0n) is 11.8. The number of thiophene rings is 1. The topological polar surface area (TPSA) is 81.4 Å². The van der Waals surface area contributed by atoms with E-state index in [4.69, 9.17) is 10.5 Å². The molecule has 2 amide bonds. The highest BCUT2D eigenvalue weighted by Gasteiger charge is 2.12. The SMILES string of the molecule is Cc1cc(C)cc(OCC(=O)Nc2sccc2C(N)=O)c1. The van der Waals surface area contributed by atoms with E-state index >= 15 is 0 Å². The number of ether oxygens (including phenoxy) is 1. The predicted octanol–water partition coefficient (Wildman–Crippen LogP) is 2.48. The van der Waals surface area contributed by atoms with E-state index < -0.39 is 5.91 Å². The zero-order chi connectivity index (χ0) is 15.4. The van der Waals surface area contributed by atoms with E-state index in [9.17, 15) is 9.59 Å². The molecule has 1 heterocycles. The molecule has 3 N–H and O–H groups in total. The van der Waals surface area contributed by atoms with Crippen molar-refractivity contribution in [2.45, 2.75) is 13.8 Å². The van der Waals surface area contributed by atoms with Crippen molar-refractivity contribution < 1.29 is 14.3 Å². The van der Waals surface area contributed by atoms with Gasteiger partial charge in [0.05, 0.1) is 5.56 Å². The van der Waals surface area contributed by atoms with Gasteiger partial charge in [-0.25, -0.2) is 0 Å². The fourth-order valence-corrected chi connectivity index (χ4v) is 2.74. The summed E-state index contributed by atoms with van der Waals surface area (Å²) in [6.07, 6.45) is 0. The van der Waals surface area contributed by atoms with Gasteiger partial charge in [-0.3, -0.25) is 9.59 Å². The van der Waals surface area contributed by atoms with Gasteiger partial charge in [0.25, 0.3) is 11.8 Å². The fraction of sp³-hybridized carbons (Fsp3) is 0.200. The first-order valence-electron chi connectivity index (χ1n) is 6.34. The van der Waals surface area contributed by atoms with Crippen molar-refractivity contribution in [1.29, 1.82) is 0 Å². The molecule has 0 aliphatic rings. The quantitative estimate of drug-likeness (QED) is 0.890. The van der Waals surface area contributed by atoms with Gasteiger partial charge in [-0.15, -0.1) is 11.3 Å². The molecule has 6 heteroatoms. The van der Waals surface area contributed by atoms with Gasteiger partial charge in [-0.1, -0.05) is 6.07 Å². The van der Waals surface area contributed by atoms with Crippen LogP contribution >= 0.6 is 11.3 Å². The second kappa shape index (κ2) is 6.41. The van der Waals surface area contributed by atoms with Crippen LogP contribution in [0.2, 0.25) is 0 Å². The minimum atomic E-state index is -0.568. The maximum atomic E-state index is 11.8. The molecule has 110 valence electrons. The lowest BCUT2D eigenvalue weighted by atomic mass is 10.1. The van der Waals surface area contributed by atoms with Crippen LogP contribution in [0.1, 0.15) is 21.5 Å². The minimum absolute atomic E-state index is 0.126. The molecule has 0 unspecified atom stereocenters. The van der Waals surface area contributed by atoms with Gasteiger partial charge in [0.2, 0.25) is 0 Å². The lowest BCUT2D eigenvalue weighted by Crippen LogP contribution is -2.21. The van der Waals surface area contributed by atoms with Crippen molar-refractivity contribution in [3.8, 4) is 5.75 Å². The number of amides is 2. The first-order valence-corrected chi connectivity index (χ1v) is 7.22. The molecule has 0 fully saturated rings. The third-order valence-electron chi connectivity index (χ3n) is 2.75. The summed E-state index contributed by atoms with van der Waals surface area (Å²) in [5.41, 5.74) is 7.66. The molecule has 2 rings (SSSR count). The van der Waals surface area contributed by atoms with Crippen molar-refractivity contribution in [3.63, 3.8) is 0 Å². The Balaban J connectivity index is 1.96. The van der Waals surface area contributed by atoms with Crippen LogP contribution in [0.4, 0.5) is 5.00 Å². The predicted molar refractivity (Wildman–Crippen MR) is 82.9 cm³/mol. The summed E-state index contributed by atoms with van der Waals surface area (Å²) in [5, 5.41) is 4.76. The van der Waals surface area contributed by atoms with E-state index in [0.717, 1.165) is 11.1 Å². The molecule has 0 atom stereocenters. The molecule has 2 aromatic rings. The lowest BCUT2D eigenvalue weighted by molar-refractivity contribution is -0.118. The van der Waals surface area contributed by atoms with E-state index in [0.29, 0.717) is 16.3 Å². The van der Waals surface area contributed by atoms with Crippen molar-refractivity contribution >= 4 is 28.2 Å². The van der Waals surface area contributed by atoms with Gasteiger partial charge in [0.15, 0.2) is 6.61 Å². The summed E-state index contributed by atoms with van der Waals surface area (Å²) in [4.78, 5) is 23.0. The number of carbonyl (C=O) groups excluding carboxylic acids is 2. The number of carbonyl (C=O) groups is 2. The first-order chi connectivity index (χ1) is 9.95. The smallest absolute Gasteiger partial charge is 0.262 e. The van der Waals surface area contributed by atoms with Gasteiger partial charge in [-0.05, 0) is 48.6 Å². The average molecular weight is 304 g/mol. The molecule has 0 bridgehead atoms. The Bertz CT molecular complexity index is 659.